The summed E-state index contributed by atoms with van der Waals surface area (Å²) in [7, 11) is 0. The third kappa shape index (κ3) is 8.76. The number of carbonyl (C=O) groups excluding carboxylic acids is 1. The number of unbranched alkanes of at least 4 members (excludes halogenated alkanes) is 1. The molecule has 5 N–H and O–H groups in total. The Hall–Kier alpha value is -1.28. The van der Waals surface area contributed by atoms with E-state index in [-0.39, 0.29) is 12.8 Å². The van der Waals surface area contributed by atoms with E-state index >= 15 is 0 Å². The molecule has 8 heteroatoms. The zero-order valence-electron chi connectivity index (χ0n) is 11.5. The van der Waals surface area contributed by atoms with E-state index < -0.39 is 29.9 Å². The van der Waals surface area contributed by atoms with Crippen LogP contribution < -0.4 is 11.1 Å². The lowest BCUT2D eigenvalue weighted by Gasteiger charge is -2.14. The summed E-state index contributed by atoms with van der Waals surface area (Å²) < 4.78 is 0. The van der Waals surface area contributed by atoms with Gasteiger partial charge in [0.1, 0.15) is 12.1 Å². The van der Waals surface area contributed by atoms with E-state index in [1.54, 1.807) is 0 Å². The minimum absolute atomic E-state index is 0.0174. The normalized spacial score (nSPS) is 13.5. The Morgan fingerprint density at radius 2 is 1.90 bits per heavy atom. The SMILES string of the molecule is CCCCSC[C@H](NC(=O)CC[C@H](N)C(=O)O)C(=O)O. The van der Waals surface area contributed by atoms with Gasteiger partial charge in [0, 0.05) is 12.2 Å². The van der Waals surface area contributed by atoms with Gasteiger partial charge in [0.15, 0.2) is 0 Å². The van der Waals surface area contributed by atoms with Crippen LogP contribution in [-0.4, -0.2) is 51.6 Å². The Labute approximate surface area is 122 Å². The molecule has 0 saturated heterocycles. The molecule has 0 aliphatic carbocycles. The molecule has 0 aromatic heterocycles. The van der Waals surface area contributed by atoms with Crippen molar-refractivity contribution in [2.45, 2.75) is 44.7 Å². The van der Waals surface area contributed by atoms with E-state index in [1.807, 2.05) is 6.92 Å². The standard InChI is InChI=1S/C12H22N2O5S/c1-2-3-6-20-7-9(12(18)19)14-10(15)5-4-8(13)11(16)17/h8-9H,2-7,13H2,1H3,(H,14,15)(H,16,17)(H,18,19)/t8-,9-/m0/s1. The maximum absolute atomic E-state index is 11.5. The van der Waals surface area contributed by atoms with Gasteiger partial charge in [-0.15, -0.1) is 0 Å². The van der Waals surface area contributed by atoms with Gasteiger partial charge >= 0.3 is 11.9 Å². The first-order chi connectivity index (χ1) is 9.38. The predicted molar refractivity (Wildman–Crippen MR) is 76.6 cm³/mol. The summed E-state index contributed by atoms with van der Waals surface area (Å²) in [5.41, 5.74) is 5.27. The van der Waals surface area contributed by atoms with Crippen molar-refractivity contribution in [1.29, 1.82) is 0 Å². The van der Waals surface area contributed by atoms with Gasteiger partial charge in [0.25, 0.3) is 0 Å². The average molecular weight is 306 g/mol. The molecule has 0 aromatic rings. The van der Waals surface area contributed by atoms with Gasteiger partial charge in [-0.1, -0.05) is 13.3 Å². The van der Waals surface area contributed by atoms with E-state index in [2.05, 4.69) is 5.32 Å². The van der Waals surface area contributed by atoms with Crippen molar-refractivity contribution in [2.75, 3.05) is 11.5 Å². The minimum Gasteiger partial charge on any atom is -0.480 e. The summed E-state index contributed by atoms with van der Waals surface area (Å²) in [5, 5.41) is 20.0. The lowest BCUT2D eigenvalue weighted by atomic mass is 10.1. The topological polar surface area (TPSA) is 130 Å². The van der Waals surface area contributed by atoms with Crippen molar-refractivity contribution in [2.24, 2.45) is 5.73 Å². The zero-order valence-corrected chi connectivity index (χ0v) is 12.3. The number of hydrogen-bond acceptors (Lipinski definition) is 5. The number of thioether (sulfide) groups is 1. The molecule has 0 aromatic carbocycles. The highest BCUT2D eigenvalue weighted by Crippen LogP contribution is 2.07. The molecule has 0 rings (SSSR count). The number of carbonyl (C=O) groups is 3. The van der Waals surface area contributed by atoms with Gasteiger partial charge in [0.05, 0.1) is 0 Å². The van der Waals surface area contributed by atoms with Crippen LogP contribution in [0, 0.1) is 0 Å². The van der Waals surface area contributed by atoms with Crippen molar-refractivity contribution in [3.63, 3.8) is 0 Å². The number of nitrogens with one attached hydrogen (secondary N) is 1. The van der Waals surface area contributed by atoms with Crippen LogP contribution in [0.5, 0.6) is 0 Å². The van der Waals surface area contributed by atoms with Gasteiger partial charge in [-0.2, -0.15) is 11.8 Å². The number of carboxylic acid groups (broad SMARTS) is 2. The zero-order chi connectivity index (χ0) is 15.5. The molecule has 7 nitrogen and oxygen atoms in total. The monoisotopic (exact) mass is 306 g/mol. The van der Waals surface area contributed by atoms with Gasteiger partial charge in [-0.05, 0) is 18.6 Å². The molecule has 1 amide bonds. The third-order valence-electron chi connectivity index (χ3n) is 2.56. The Morgan fingerprint density at radius 3 is 2.40 bits per heavy atom. The quantitative estimate of drug-likeness (QED) is 0.403. The Balaban J connectivity index is 4.07. The predicted octanol–water partition coefficient (Wildman–Crippen LogP) is 0.281. The molecule has 0 radical (unpaired) electrons. The Bertz CT molecular complexity index is 338. The maximum Gasteiger partial charge on any atom is 0.327 e. The molecule has 0 fully saturated rings. The van der Waals surface area contributed by atoms with Crippen molar-refractivity contribution in [3.05, 3.63) is 0 Å². The summed E-state index contributed by atoms with van der Waals surface area (Å²) in [5.74, 6) is -1.62. The van der Waals surface area contributed by atoms with Gasteiger partial charge < -0.3 is 21.3 Å². The number of hydrogen-bond donors (Lipinski definition) is 4. The maximum atomic E-state index is 11.5. The first-order valence-electron chi connectivity index (χ1n) is 6.46. The van der Waals surface area contributed by atoms with Gasteiger partial charge in [-0.25, -0.2) is 4.79 Å². The number of carboxylic acids is 2. The van der Waals surface area contributed by atoms with Crippen LogP contribution in [0.3, 0.4) is 0 Å². The van der Waals surface area contributed by atoms with E-state index in [9.17, 15) is 14.4 Å². The van der Waals surface area contributed by atoms with E-state index in [1.165, 1.54) is 11.8 Å². The smallest absolute Gasteiger partial charge is 0.327 e. The average Bonchev–Trinajstić information content (AvgIpc) is 2.39. The summed E-state index contributed by atoms with van der Waals surface area (Å²) in [6.07, 6.45) is 1.91. The van der Waals surface area contributed by atoms with Crippen LogP contribution in [0.1, 0.15) is 32.6 Å². The summed E-state index contributed by atoms with van der Waals surface area (Å²) in [4.78, 5) is 33.0. The van der Waals surface area contributed by atoms with Crippen LogP contribution in [0.15, 0.2) is 0 Å². The number of amides is 1. The van der Waals surface area contributed by atoms with Crippen LogP contribution in [0.25, 0.3) is 0 Å². The highest BCUT2D eigenvalue weighted by Gasteiger charge is 2.21. The highest BCUT2D eigenvalue weighted by molar-refractivity contribution is 7.99. The Morgan fingerprint density at radius 1 is 1.25 bits per heavy atom. The number of rotatable bonds is 11. The fourth-order valence-electron chi connectivity index (χ4n) is 1.30. The molecular formula is C12H22N2O5S. The molecule has 0 unspecified atom stereocenters. The third-order valence-corrected chi connectivity index (χ3v) is 3.71. The minimum atomic E-state index is -1.18. The molecule has 0 heterocycles. The molecule has 20 heavy (non-hydrogen) atoms. The second kappa shape index (κ2) is 10.5. The van der Waals surface area contributed by atoms with Crippen LogP contribution in [-0.2, 0) is 14.4 Å². The van der Waals surface area contributed by atoms with E-state index in [0.29, 0.717) is 5.75 Å². The summed E-state index contributed by atoms with van der Waals surface area (Å²) >= 11 is 1.47. The second-order valence-corrected chi connectivity index (χ2v) is 5.52. The van der Waals surface area contributed by atoms with Crippen molar-refractivity contribution in [1.82, 2.24) is 5.32 Å². The molecule has 2 atom stereocenters. The molecule has 116 valence electrons. The Kier molecular flexibility index (Phi) is 9.83. The lowest BCUT2D eigenvalue weighted by molar-refractivity contribution is -0.141. The van der Waals surface area contributed by atoms with Crippen molar-refractivity contribution < 1.29 is 24.6 Å². The molecule has 0 aliphatic heterocycles. The molecule has 0 saturated carbocycles. The molecule has 0 bridgehead atoms. The van der Waals surface area contributed by atoms with E-state index in [4.69, 9.17) is 15.9 Å². The fraction of sp³-hybridized carbons (Fsp3) is 0.750. The largest absolute Gasteiger partial charge is 0.480 e. The summed E-state index contributed by atoms with van der Waals surface area (Å²) in [6, 6.07) is -2.06. The van der Waals surface area contributed by atoms with Crippen LogP contribution >= 0.6 is 11.8 Å². The highest BCUT2D eigenvalue weighted by atomic mass is 32.2. The molecule has 0 spiro atoms. The first-order valence-corrected chi connectivity index (χ1v) is 7.62. The molecule has 0 aliphatic rings. The van der Waals surface area contributed by atoms with Crippen LogP contribution in [0.2, 0.25) is 0 Å². The number of nitrogens with two attached hydrogens (primary N) is 1. The van der Waals surface area contributed by atoms with E-state index in [0.717, 1.165) is 18.6 Å². The van der Waals surface area contributed by atoms with Gasteiger partial charge in [0.2, 0.25) is 5.91 Å². The second-order valence-electron chi connectivity index (χ2n) is 4.37. The summed E-state index contributed by atoms with van der Waals surface area (Å²) in [6.45, 7) is 2.04. The molecular weight excluding hydrogens is 284 g/mol. The van der Waals surface area contributed by atoms with Gasteiger partial charge in [-0.3, -0.25) is 9.59 Å². The number of aliphatic carboxylic acids is 2. The van der Waals surface area contributed by atoms with Crippen LogP contribution in [0.4, 0.5) is 0 Å². The van der Waals surface area contributed by atoms with Crippen molar-refractivity contribution >= 4 is 29.6 Å². The van der Waals surface area contributed by atoms with Crippen molar-refractivity contribution in [3.8, 4) is 0 Å². The first kappa shape index (κ1) is 18.7. The fourth-order valence-corrected chi connectivity index (χ4v) is 2.42. The lowest BCUT2D eigenvalue weighted by Crippen LogP contribution is -2.43.